The van der Waals surface area contributed by atoms with Crippen molar-refractivity contribution >= 4 is 11.0 Å². The maximum Gasteiger partial charge on any atom is 0.137 e. The Balaban J connectivity index is 1.92. The fourth-order valence-corrected chi connectivity index (χ4v) is 2.96. The van der Waals surface area contributed by atoms with Crippen molar-refractivity contribution in [3.63, 3.8) is 0 Å². The molecule has 0 atom stereocenters. The molecule has 0 bridgehead atoms. The summed E-state index contributed by atoms with van der Waals surface area (Å²) in [5.74, 6) is 0.450. The van der Waals surface area contributed by atoms with Gasteiger partial charge in [-0.15, -0.1) is 0 Å². The Morgan fingerprint density at radius 3 is 2.72 bits per heavy atom. The van der Waals surface area contributed by atoms with Gasteiger partial charge in [0.15, 0.2) is 0 Å². The number of halogens is 1. The van der Waals surface area contributed by atoms with E-state index in [0.717, 1.165) is 22.1 Å². The van der Waals surface area contributed by atoms with Crippen LogP contribution in [0.2, 0.25) is 0 Å². The van der Waals surface area contributed by atoms with Crippen LogP contribution in [-0.4, -0.2) is 22.2 Å². The molecule has 2 N–H and O–H groups in total. The number of H-pyrrole nitrogens is 1. The van der Waals surface area contributed by atoms with Gasteiger partial charge in [-0.3, -0.25) is 0 Å². The first-order valence-corrected chi connectivity index (χ1v) is 7.76. The lowest BCUT2D eigenvalue weighted by Gasteiger charge is -2.08. The second-order valence-corrected chi connectivity index (χ2v) is 5.72. The molecule has 0 aliphatic heterocycles. The van der Waals surface area contributed by atoms with Crippen molar-refractivity contribution in [1.29, 1.82) is 0 Å². The lowest BCUT2D eigenvalue weighted by molar-refractivity contribution is 0.415. The molecule has 0 saturated carbocycles. The van der Waals surface area contributed by atoms with E-state index in [4.69, 9.17) is 4.74 Å². The Morgan fingerprint density at radius 1 is 1.04 bits per heavy atom. The number of benzene rings is 2. The third kappa shape index (κ3) is 2.70. The Bertz CT molecular complexity index is 1070. The summed E-state index contributed by atoms with van der Waals surface area (Å²) in [5.41, 5.74) is 3.88. The fourth-order valence-electron chi connectivity index (χ4n) is 2.96. The number of phenols is 1. The van der Waals surface area contributed by atoms with Crippen LogP contribution in [0.15, 0.2) is 60.9 Å². The van der Waals surface area contributed by atoms with Crippen LogP contribution < -0.4 is 4.74 Å². The highest BCUT2D eigenvalue weighted by atomic mass is 19.1. The van der Waals surface area contributed by atoms with Gasteiger partial charge in [0.05, 0.1) is 7.11 Å². The number of ether oxygens (including phenoxy) is 1. The number of fused-ring (bicyclic) bond motifs is 1. The molecule has 25 heavy (non-hydrogen) atoms. The van der Waals surface area contributed by atoms with Crippen molar-refractivity contribution in [1.82, 2.24) is 9.97 Å². The molecule has 0 radical (unpaired) electrons. The van der Waals surface area contributed by atoms with Gasteiger partial charge in [0.25, 0.3) is 0 Å². The van der Waals surface area contributed by atoms with Gasteiger partial charge in [-0.05, 0) is 42.0 Å². The average Bonchev–Trinajstić information content (AvgIpc) is 3.04. The molecule has 4 aromatic rings. The molecule has 4 nitrogen and oxygen atoms in total. The zero-order valence-electron chi connectivity index (χ0n) is 13.5. The predicted octanol–water partition coefficient (Wildman–Crippen LogP) is 4.75. The number of aromatic nitrogens is 2. The molecule has 2 aromatic heterocycles. The van der Waals surface area contributed by atoms with Crippen LogP contribution in [-0.2, 0) is 0 Å². The first-order valence-electron chi connectivity index (χ1n) is 7.76. The number of aromatic amines is 1. The Labute approximate surface area is 143 Å². The van der Waals surface area contributed by atoms with Crippen LogP contribution in [0.3, 0.4) is 0 Å². The van der Waals surface area contributed by atoms with Crippen molar-refractivity contribution < 1.29 is 14.2 Å². The molecular formula is C20H15FN2O2. The second kappa shape index (κ2) is 5.94. The lowest BCUT2D eigenvalue weighted by Crippen LogP contribution is -1.89. The van der Waals surface area contributed by atoms with Crippen molar-refractivity contribution in [2.24, 2.45) is 0 Å². The van der Waals surface area contributed by atoms with Gasteiger partial charge in [-0.1, -0.05) is 12.1 Å². The maximum absolute atomic E-state index is 13.8. The SMILES string of the molecule is COc1ccc(F)cc1-c1c[nH]c2ncc(-c3cccc(O)c3)cc12. The molecule has 0 fully saturated rings. The van der Waals surface area contributed by atoms with Crippen molar-refractivity contribution in [2.45, 2.75) is 0 Å². The molecular weight excluding hydrogens is 319 g/mol. The highest BCUT2D eigenvalue weighted by Gasteiger charge is 2.14. The van der Waals surface area contributed by atoms with E-state index in [1.165, 1.54) is 12.1 Å². The minimum Gasteiger partial charge on any atom is -0.508 e. The van der Waals surface area contributed by atoms with Gasteiger partial charge < -0.3 is 14.8 Å². The van der Waals surface area contributed by atoms with Crippen molar-refractivity contribution in [3.05, 3.63) is 66.7 Å². The Hall–Kier alpha value is -3.34. The van der Waals surface area contributed by atoms with Crippen LogP contribution in [0.5, 0.6) is 11.5 Å². The van der Waals surface area contributed by atoms with Crippen LogP contribution in [0.4, 0.5) is 4.39 Å². The summed E-state index contributed by atoms with van der Waals surface area (Å²) in [4.78, 5) is 7.55. The molecule has 5 heteroatoms. The quantitative estimate of drug-likeness (QED) is 0.568. The van der Waals surface area contributed by atoms with Gasteiger partial charge >= 0.3 is 0 Å². The molecule has 4 rings (SSSR count). The van der Waals surface area contributed by atoms with E-state index in [0.29, 0.717) is 17.0 Å². The summed E-state index contributed by atoms with van der Waals surface area (Å²) in [5, 5.41) is 10.5. The van der Waals surface area contributed by atoms with E-state index in [1.54, 1.807) is 43.8 Å². The number of hydrogen-bond acceptors (Lipinski definition) is 3. The highest BCUT2D eigenvalue weighted by Crippen LogP contribution is 2.36. The normalized spacial score (nSPS) is 11.0. The number of nitrogens with zero attached hydrogens (tertiary/aromatic N) is 1. The van der Waals surface area contributed by atoms with E-state index < -0.39 is 0 Å². The fraction of sp³-hybridized carbons (Fsp3) is 0.0500. The number of aromatic hydroxyl groups is 1. The maximum atomic E-state index is 13.8. The Morgan fingerprint density at radius 2 is 1.92 bits per heavy atom. The summed E-state index contributed by atoms with van der Waals surface area (Å²) in [6.07, 6.45) is 3.53. The molecule has 0 amide bonds. The molecule has 2 heterocycles. The van der Waals surface area contributed by atoms with Gasteiger partial charge in [0.1, 0.15) is 23.0 Å². The topological polar surface area (TPSA) is 58.1 Å². The molecule has 0 unspecified atom stereocenters. The van der Waals surface area contributed by atoms with Gasteiger partial charge in [0, 0.05) is 34.5 Å². The first-order chi connectivity index (χ1) is 12.2. The third-order valence-corrected chi connectivity index (χ3v) is 4.16. The van der Waals surface area contributed by atoms with Crippen LogP contribution >= 0.6 is 0 Å². The lowest BCUT2D eigenvalue weighted by atomic mass is 10.0. The molecule has 0 aliphatic carbocycles. The first kappa shape index (κ1) is 15.2. The number of methoxy groups -OCH3 is 1. The van der Waals surface area contributed by atoms with Crippen LogP contribution in [0, 0.1) is 5.82 Å². The van der Waals surface area contributed by atoms with Gasteiger partial charge in [0.2, 0.25) is 0 Å². The standard InChI is InChI=1S/C20H15FN2O2/c1-25-19-6-5-14(21)9-16(19)18-11-23-20-17(18)8-13(10-22-20)12-3-2-4-15(24)7-12/h2-11,24H,1H3,(H,22,23). The minimum atomic E-state index is -0.331. The zero-order chi connectivity index (χ0) is 17.4. The van der Waals surface area contributed by atoms with E-state index in [9.17, 15) is 9.50 Å². The predicted molar refractivity (Wildman–Crippen MR) is 95.1 cm³/mol. The van der Waals surface area contributed by atoms with Crippen LogP contribution in [0.25, 0.3) is 33.3 Å². The number of phenolic OH excluding ortho intramolecular Hbond substituents is 1. The highest BCUT2D eigenvalue weighted by molar-refractivity contribution is 5.97. The van der Waals surface area contributed by atoms with E-state index in [1.807, 2.05) is 12.1 Å². The van der Waals surface area contributed by atoms with Gasteiger partial charge in [-0.2, -0.15) is 0 Å². The van der Waals surface area contributed by atoms with Crippen molar-refractivity contribution in [3.8, 4) is 33.8 Å². The summed E-state index contributed by atoms with van der Waals surface area (Å²) in [6.45, 7) is 0. The Kier molecular flexibility index (Phi) is 3.61. The van der Waals surface area contributed by atoms with Crippen LogP contribution in [0.1, 0.15) is 0 Å². The zero-order valence-corrected chi connectivity index (χ0v) is 13.5. The van der Waals surface area contributed by atoms with E-state index >= 15 is 0 Å². The van der Waals surface area contributed by atoms with E-state index in [-0.39, 0.29) is 11.6 Å². The molecule has 0 spiro atoms. The smallest absolute Gasteiger partial charge is 0.137 e. The number of pyridine rings is 1. The van der Waals surface area contributed by atoms with Crippen molar-refractivity contribution in [2.75, 3.05) is 7.11 Å². The molecule has 0 aliphatic rings. The molecule has 0 saturated heterocycles. The van der Waals surface area contributed by atoms with Gasteiger partial charge in [-0.25, -0.2) is 9.37 Å². The number of hydrogen-bond donors (Lipinski definition) is 2. The number of nitrogens with one attached hydrogen (secondary N) is 1. The average molecular weight is 334 g/mol. The molecule has 2 aromatic carbocycles. The number of rotatable bonds is 3. The summed E-state index contributed by atoms with van der Waals surface area (Å²) in [6, 6.07) is 13.4. The molecule has 124 valence electrons. The minimum absolute atomic E-state index is 0.193. The second-order valence-electron chi connectivity index (χ2n) is 5.72. The third-order valence-electron chi connectivity index (χ3n) is 4.16. The largest absolute Gasteiger partial charge is 0.508 e. The van der Waals surface area contributed by atoms with E-state index in [2.05, 4.69) is 9.97 Å². The summed E-state index contributed by atoms with van der Waals surface area (Å²) >= 11 is 0. The summed E-state index contributed by atoms with van der Waals surface area (Å²) < 4.78 is 19.1. The monoisotopic (exact) mass is 334 g/mol. The summed E-state index contributed by atoms with van der Waals surface area (Å²) in [7, 11) is 1.56.